The lowest BCUT2D eigenvalue weighted by Gasteiger charge is -2.34. The van der Waals surface area contributed by atoms with Crippen LogP contribution in [0.15, 0.2) is 28.0 Å². The van der Waals surface area contributed by atoms with Crippen LogP contribution in [0.2, 0.25) is 0 Å². The average Bonchev–Trinajstić information content (AvgIpc) is 3.35. The molecule has 1 amide bonds. The van der Waals surface area contributed by atoms with E-state index in [9.17, 15) is 4.79 Å². The van der Waals surface area contributed by atoms with E-state index in [1.807, 2.05) is 37.1 Å². The van der Waals surface area contributed by atoms with Gasteiger partial charge in [0.15, 0.2) is 0 Å². The number of hydrogen-bond acceptors (Lipinski definition) is 7. The summed E-state index contributed by atoms with van der Waals surface area (Å²) in [4.78, 5) is 26.1. The molecule has 0 saturated carbocycles. The van der Waals surface area contributed by atoms with Crippen LogP contribution in [0.3, 0.4) is 0 Å². The highest BCUT2D eigenvalue weighted by Gasteiger charge is 2.24. The zero-order valence-electron chi connectivity index (χ0n) is 16.4. The first-order chi connectivity index (χ1) is 13.5. The van der Waals surface area contributed by atoms with E-state index >= 15 is 0 Å². The first kappa shape index (κ1) is 18.9. The molecule has 0 unspecified atom stereocenters. The predicted molar refractivity (Wildman–Crippen MR) is 106 cm³/mol. The summed E-state index contributed by atoms with van der Waals surface area (Å²) < 4.78 is 7.16. The van der Waals surface area contributed by atoms with Crippen molar-refractivity contribution in [2.75, 3.05) is 32.4 Å². The normalized spacial score (nSPS) is 15.5. The highest BCUT2D eigenvalue weighted by atomic mass is 32.2. The van der Waals surface area contributed by atoms with Gasteiger partial charge in [0.1, 0.15) is 5.76 Å². The Balaban J connectivity index is 1.42. The molecular weight excluding hydrogens is 376 g/mol. The van der Waals surface area contributed by atoms with E-state index in [0.717, 1.165) is 55.4 Å². The van der Waals surface area contributed by atoms with Crippen molar-refractivity contribution in [3.8, 4) is 0 Å². The Morgan fingerprint density at radius 3 is 2.68 bits per heavy atom. The molecule has 0 spiro atoms. The topological polar surface area (TPSA) is 79.8 Å². The quantitative estimate of drug-likeness (QED) is 0.606. The lowest BCUT2D eigenvalue weighted by Crippen LogP contribution is -2.48. The Morgan fingerprint density at radius 1 is 1.21 bits per heavy atom. The molecule has 148 valence electrons. The summed E-state index contributed by atoms with van der Waals surface area (Å²) in [5, 5.41) is 5.15. The summed E-state index contributed by atoms with van der Waals surface area (Å²) in [6.07, 6.45) is 3.97. The lowest BCUT2D eigenvalue weighted by atomic mass is 10.1. The highest BCUT2D eigenvalue weighted by Crippen LogP contribution is 2.18. The minimum atomic E-state index is 0.134. The lowest BCUT2D eigenvalue weighted by molar-refractivity contribution is -0.132. The number of carbonyl (C=O) groups excluding carboxylic acids is 1. The maximum atomic E-state index is 12.9. The van der Waals surface area contributed by atoms with Gasteiger partial charge in [-0.25, -0.2) is 9.50 Å². The summed E-state index contributed by atoms with van der Waals surface area (Å²) in [7, 11) is 0. The van der Waals surface area contributed by atoms with Crippen LogP contribution in [0.4, 0.5) is 0 Å². The second-order valence-corrected chi connectivity index (χ2v) is 7.76. The highest BCUT2D eigenvalue weighted by molar-refractivity contribution is 7.98. The molecule has 4 rings (SSSR count). The van der Waals surface area contributed by atoms with E-state index in [2.05, 4.69) is 20.0 Å². The first-order valence-corrected chi connectivity index (χ1v) is 10.6. The Bertz CT molecular complexity index is 976. The Labute approximate surface area is 167 Å². The van der Waals surface area contributed by atoms with Crippen molar-refractivity contribution in [2.45, 2.75) is 32.0 Å². The molecule has 1 fully saturated rings. The predicted octanol–water partition coefficient (Wildman–Crippen LogP) is 1.94. The van der Waals surface area contributed by atoms with Crippen LogP contribution in [-0.2, 0) is 17.8 Å². The number of aryl methyl sites for hydroxylation is 2. The number of furan rings is 1. The molecule has 0 bridgehead atoms. The van der Waals surface area contributed by atoms with Gasteiger partial charge in [-0.3, -0.25) is 9.69 Å². The number of piperazine rings is 1. The van der Waals surface area contributed by atoms with Crippen LogP contribution in [0.5, 0.6) is 0 Å². The minimum absolute atomic E-state index is 0.134. The third-order valence-corrected chi connectivity index (χ3v) is 5.76. The molecule has 9 heteroatoms. The number of aromatic nitrogens is 4. The number of fused-ring (bicyclic) bond motifs is 1. The zero-order chi connectivity index (χ0) is 19.7. The number of thioether (sulfide) groups is 1. The standard InChI is InChI=1S/C19H24N6O2S/c1-13-16(14(2)25-18(20-13)21-19(22-25)28-3)11-17(26)24-8-6-23(7-9-24)12-15-5-4-10-27-15/h4-5,10H,6-9,11-12H2,1-3H3. The molecule has 28 heavy (non-hydrogen) atoms. The summed E-state index contributed by atoms with van der Waals surface area (Å²) in [5.41, 5.74) is 2.71. The van der Waals surface area contributed by atoms with Gasteiger partial charge in [-0.1, -0.05) is 11.8 Å². The Kier molecular flexibility index (Phi) is 5.36. The minimum Gasteiger partial charge on any atom is -0.468 e. The SMILES string of the molecule is CSc1nc2nc(C)c(CC(=O)N3CCN(Cc4ccco4)CC3)c(C)n2n1. The van der Waals surface area contributed by atoms with E-state index in [1.54, 1.807) is 10.8 Å². The van der Waals surface area contributed by atoms with Crippen LogP contribution >= 0.6 is 11.8 Å². The van der Waals surface area contributed by atoms with Crippen molar-refractivity contribution in [1.29, 1.82) is 0 Å². The van der Waals surface area contributed by atoms with Crippen LogP contribution < -0.4 is 0 Å². The summed E-state index contributed by atoms with van der Waals surface area (Å²) in [5.74, 6) is 1.68. The van der Waals surface area contributed by atoms with Crippen molar-refractivity contribution in [1.82, 2.24) is 29.4 Å². The molecule has 0 radical (unpaired) electrons. The number of rotatable bonds is 5. The first-order valence-electron chi connectivity index (χ1n) is 9.34. The van der Waals surface area contributed by atoms with Gasteiger partial charge in [0.2, 0.25) is 11.1 Å². The van der Waals surface area contributed by atoms with Gasteiger partial charge in [-0.05, 0) is 32.2 Å². The zero-order valence-corrected chi connectivity index (χ0v) is 17.2. The molecule has 4 heterocycles. The average molecular weight is 401 g/mol. The van der Waals surface area contributed by atoms with Crippen LogP contribution in [0.25, 0.3) is 5.78 Å². The molecule has 0 aliphatic carbocycles. The summed E-state index contributed by atoms with van der Waals surface area (Å²) in [6, 6.07) is 3.89. The molecule has 1 aliphatic heterocycles. The molecule has 1 aliphatic rings. The molecule has 3 aromatic heterocycles. The smallest absolute Gasteiger partial charge is 0.253 e. The van der Waals surface area contributed by atoms with Crippen molar-refractivity contribution in [2.24, 2.45) is 0 Å². The van der Waals surface area contributed by atoms with Crippen molar-refractivity contribution < 1.29 is 9.21 Å². The largest absolute Gasteiger partial charge is 0.468 e. The number of carbonyl (C=O) groups is 1. The van der Waals surface area contributed by atoms with Crippen LogP contribution in [-0.4, -0.2) is 67.7 Å². The third kappa shape index (κ3) is 3.77. The van der Waals surface area contributed by atoms with Gasteiger partial charge in [-0.15, -0.1) is 5.10 Å². The van der Waals surface area contributed by atoms with E-state index < -0.39 is 0 Å². The maximum absolute atomic E-state index is 12.9. The molecular formula is C19H24N6O2S. The van der Waals surface area contributed by atoms with Crippen LogP contribution in [0, 0.1) is 13.8 Å². The van der Waals surface area contributed by atoms with Crippen molar-refractivity contribution >= 4 is 23.4 Å². The van der Waals surface area contributed by atoms with Crippen molar-refractivity contribution in [3.63, 3.8) is 0 Å². The molecule has 1 saturated heterocycles. The fourth-order valence-corrected chi connectivity index (χ4v) is 3.91. The van der Waals surface area contributed by atoms with E-state index in [1.165, 1.54) is 11.8 Å². The Hall–Kier alpha value is -2.39. The second-order valence-electron chi connectivity index (χ2n) is 6.98. The van der Waals surface area contributed by atoms with E-state index in [0.29, 0.717) is 17.4 Å². The second kappa shape index (κ2) is 7.92. The maximum Gasteiger partial charge on any atom is 0.253 e. The van der Waals surface area contributed by atoms with Gasteiger partial charge in [0, 0.05) is 43.1 Å². The van der Waals surface area contributed by atoms with E-state index in [4.69, 9.17) is 4.42 Å². The number of hydrogen-bond donors (Lipinski definition) is 0. The van der Waals surface area contributed by atoms with Gasteiger partial charge in [-0.2, -0.15) is 4.98 Å². The van der Waals surface area contributed by atoms with Gasteiger partial charge in [0.25, 0.3) is 5.78 Å². The molecule has 3 aromatic rings. The molecule has 8 nitrogen and oxygen atoms in total. The fraction of sp³-hybridized carbons (Fsp3) is 0.474. The molecule has 0 aromatic carbocycles. The molecule has 0 atom stereocenters. The Morgan fingerprint density at radius 2 is 2.00 bits per heavy atom. The van der Waals surface area contributed by atoms with Crippen LogP contribution in [0.1, 0.15) is 22.7 Å². The summed E-state index contributed by atoms with van der Waals surface area (Å²) >= 11 is 1.48. The monoisotopic (exact) mass is 400 g/mol. The number of amides is 1. The van der Waals surface area contributed by atoms with Gasteiger partial charge < -0.3 is 9.32 Å². The fourth-order valence-electron chi connectivity index (χ4n) is 3.57. The third-order valence-electron chi connectivity index (χ3n) is 5.22. The van der Waals surface area contributed by atoms with E-state index in [-0.39, 0.29) is 5.91 Å². The van der Waals surface area contributed by atoms with Gasteiger partial charge in [0.05, 0.1) is 19.2 Å². The molecule has 0 N–H and O–H groups in total. The number of nitrogens with zero attached hydrogens (tertiary/aromatic N) is 6. The van der Waals surface area contributed by atoms with Crippen molar-refractivity contribution in [3.05, 3.63) is 41.1 Å². The van der Waals surface area contributed by atoms with Gasteiger partial charge >= 0.3 is 0 Å². The summed E-state index contributed by atoms with van der Waals surface area (Å²) in [6.45, 7) is 7.86.